The van der Waals surface area contributed by atoms with E-state index >= 15 is 0 Å². The number of carbonyl (C=O) groups excluding carboxylic acids is 1. The minimum atomic E-state index is -0.207. The van der Waals surface area contributed by atoms with Gasteiger partial charge in [-0.25, -0.2) is 9.97 Å². The molecule has 6 nitrogen and oxygen atoms in total. The topological polar surface area (TPSA) is 73.3 Å². The third-order valence-electron chi connectivity index (χ3n) is 3.79. The van der Waals surface area contributed by atoms with Crippen LogP contribution in [-0.2, 0) is 6.54 Å². The van der Waals surface area contributed by atoms with E-state index in [9.17, 15) is 4.79 Å². The average Bonchev–Trinajstić information content (AvgIpc) is 3.14. The standard InChI is InChI=1S/C19H23N3O3S/c1-13(2)24-17-6-5-14(10-21-17)11-22-18(23)16-4-3-8-20-19(16)25-15-7-9-26-12-15/h3-6,8,10,13,15H,7,9,11-12H2,1-2H3,(H,22,23). The maximum Gasteiger partial charge on any atom is 0.257 e. The lowest BCUT2D eigenvalue weighted by Gasteiger charge is -2.14. The molecule has 3 heterocycles. The Morgan fingerprint density at radius 1 is 1.35 bits per heavy atom. The number of rotatable bonds is 7. The molecule has 0 aliphatic carbocycles. The molecule has 0 aromatic carbocycles. The summed E-state index contributed by atoms with van der Waals surface area (Å²) in [5.74, 6) is 2.79. The first-order valence-corrected chi connectivity index (χ1v) is 9.86. The molecule has 2 aromatic rings. The number of thioether (sulfide) groups is 1. The van der Waals surface area contributed by atoms with Gasteiger partial charge in [-0.2, -0.15) is 11.8 Å². The number of aromatic nitrogens is 2. The molecule has 1 fully saturated rings. The first-order valence-electron chi connectivity index (χ1n) is 8.71. The second-order valence-corrected chi connectivity index (χ2v) is 7.46. The van der Waals surface area contributed by atoms with Gasteiger partial charge in [0.25, 0.3) is 5.91 Å². The molecule has 7 heteroatoms. The summed E-state index contributed by atoms with van der Waals surface area (Å²) in [5.41, 5.74) is 1.35. The second-order valence-electron chi connectivity index (χ2n) is 6.31. The summed E-state index contributed by atoms with van der Waals surface area (Å²) in [5, 5.41) is 2.90. The van der Waals surface area contributed by atoms with Gasteiger partial charge in [0.15, 0.2) is 0 Å². The van der Waals surface area contributed by atoms with Gasteiger partial charge in [0.2, 0.25) is 11.8 Å². The third-order valence-corrected chi connectivity index (χ3v) is 4.92. The number of pyridine rings is 2. The highest BCUT2D eigenvalue weighted by molar-refractivity contribution is 7.99. The Balaban J connectivity index is 1.59. The van der Waals surface area contributed by atoms with E-state index in [1.165, 1.54) is 0 Å². The first-order chi connectivity index (χ1) is 12.6. The zero-order valence-electron chi connectivity index (χ0n) is 15.0. The van der Waals surface area contributed by atoms with Crippen molar-refractivity contribution < 1.29 is 14.3 Å². The number of carbonyl (C=O) groups is 1. The fourth-order valence-corrected chi connectivity index (χ4v) is 3.62. The summed E-state index contributed by atoms with van der Waals surface area (Å²) in [6, 6.07) is 7.17. The molecule has 1 amide bonds. The largest absolute Gasteiger partial charge is 0.475 e. The number of hydrogen-bond donors (Lipinski definition) is 1. The number of hydrogen-bond acceptors (Lipinski definition) is 6. The van der Waals surface area contributed by atoms with Crippen molar-refractivity contribution in [2.24, 2.45) is 0 Å². The van der Waals surface area contributed by atoms with Crippen LogP contribution in [0.4, 0.5) is 0 Å². The van der Waals surface area contributed by atoms with Gasteiger partial charge in [-0.1, -0.05) is 6.07 Å². The Morgan fingerprint density at radius 3 is 2.92 bits per heavy atom. The number of ether oxygens (including phenoxy) is 2. The Bertz CT molecular complexity index is 731. The van der Waals surface area contributed by atoms with E-state index in [1.807, 2.05) is 31.7 Å². The molecule has 1 atom stereocenters. The molecule has 26 heavy (non-hydrogen) atoms. The smallest absolute Gasteiger partial charge is 0.257 e. The minimum absolute atomic E-state index is 0.0790. The number of amides is 1. The molecule has 1 unspecified atom stereocenters. The van der Waals surface area contributed by atoms with Crippen molar-refractivity contribution in [2.45, 2.75) is 39.0 Å². The van der Waals surface area contributed by atoms with Crippen LogP contribution in [0.5, 0.6) is 11.8 Å². The van der Waals surface area contributed by atoms with Crippen LogP contribution in [-0.4, -0.2) is 39.6 Å². The molecule has 0 bridgehead atoms. The molecule has 3 rings (SSSR count). The SMILES string of the molecule is CC(C)Oc1ccc(CNC(=O)c2cccnc2OC2CCSC2)cn1. The van der Waals surface area contributed by atoms with Gasteiger partial charge in [0.05, 0.1) is 6.10 Å². The molecule has 1 aliphatic heterocycles. The maximum absolute atomic E-state index is 12.5. The Hall–Kier alpha value is -2.28. The fraction of sp³-hybridized carbons (Fsp3) is 0.421. The molecule has 1 saturated heterocycles. The van der Waals surface area contributed by atoms with E-state index in [4.69, 9.17) is 9.47 Å². The monoisotopic (exact) mass is 373 g/mol. The van der Waals surface area contributed by atoms with Gasteiger partial charge in [0, 0.05) is 30.8 Å². The van der Waals surface area contributed by atoms with Crippen LogP contribution in [0.1, 0.15) is 36.2 Å². The van der Waals surface area contributed by atoms with E-state index in [0.29, 0.717) is 23.9 Å². The predicted octanol–water partition coefficient (Wildman–Crippen LogP) is 3.08. The number of nitrogens with one attached hydrogen (secondary N) is 1. The Labute approximate surface area is 157 Å². The lowest BCUT2D eigenvalue weighted by molar-refractivity contribution is 0.0943. The first kappa shape index (κ1) is 18.5. The van der Waals surface area contributed by atoms with E-state index in [0.717, 1.165) is 23.5 Å². The van der Waals surface area contributed by atoms with Crippen molar-refractivity contribution in [1.29, 1.82) is 0 Å². The van der Waals surface area contributed by atoms with Crippen molar-refractivity contribution in [3.63, 3.8) is 0 Å². The predicted molar refractivity (Wildman–Crippen MR) is 102 cm³/mol. The summed E-state index contributed by atoms with van der Waals surface area (Å²) in [7, 11) is 0. The third kappa shape index (κ3) is 5.11. The summed E-state index contributed by atoms with van der Waals surface area (Å²) in [4.78, 5) is 21.0. The van der Waals surface area contributed by atoms with Crippen LogP contribution in [0.25, 0.3) is 0 Å². The minimum Gasteiger partial charge on any atom is -0.475 e. The van der Waals surface area contributed by atoms with Crippen LogP contribution in [0.3, 0.4) is 0 Å². The van der Waals surface area contributed by atoms with Crippen molar-refractivity contribution >= 4 is 17.7 Å². The van der Waals surface area contributed by atoms with Crippen LogP contribution in [0, 0.1) is 0 Å². The zero-order valence-corrected chi connectivity index (χ0v) is 15.8. The summed E-state index contributed by atoms with van der Waals surface area (Å²) in [6.07, 6.45) is 4.54. The lowest BCUT2D eigenvalue weighted by Crippen LogP contribution is -2.25. The highest BCUT2D eigenvalue weighted by atomic mass is 32.2. The van der Waals surface area contributed by atoms with Crippen LogP contribution in [0.15, 0.2) is 36.7 Å². The highest BCUT2D eigenvalue weighted by Gasteiger charge is 2.21. The van der Waals surface area contributed by atoms with Gasteiger partial charge in [0.1, 0.15) is 11.7 Å². The normalized spacial score (nSPS) is 16.5. The summed E-state index contributed by atoms with van der Waals surface area (Å²) >= 11 is 1.86. The van der Waals surface area contributed by atoms with Crippen molar-refractivity contribution in [2.75, 3.05) is 11.5 Å². The molecule has 1 N–H and O–H groups in total. The van der Waals surface area contributed by atoms with Gasteiger partial charge < -0.3 is 14.8 Å². The van der Waals surface area contributed by atoms with Crippen molar-refractivity contribution in [1.82, 2.24) is 15.3 Å². The molecule has 1 aliphatic rings. The second kappa shape index (κ2) is 8.89. The van der Waals surface area contributed by atoms with Crippen LogP contribution < -0.4 is 14.8 Å². The van der Waals surface area contributed by atoms with Gasteiger partial charge in [-0.15, -0.1) is 0 Å². The fourth-order valence-electron chi connectivity index (χ4n) is 2.53. The maximum atomic E-state index is 12.5. The lowest BCUT2D eigenvalue weighted by atomic mass is 10.2. The van der Waals surface area contributed by atoms with Crippen LogP contribution >= 0.6 is 11.8 Å². The van der Waals surface area contributed by atoms with Gasteiger partial charge >= 0.3 is 0 Å². The zero-order chi connectivity index (χ0) is 18.4. The van der Waals surface area contributed by atoms with Gasteiger partial charge in [-0.3, -0.25) is 4.79 Å². The average molecular weight is 373 g/mol. The van der Waals surface area contributed by atoms with E-state index < -0.39 is 0 Å². The molecular formula is C19H23N3O3S. The van der Waals surface area contributed by atoms with Gasteiger partial charge in [-0.05, 0) is 43.7 Å². The van der Waals surface area contributed by atoms with E-state index in [2.05, 4.69) is 15.3 Å². The highest BCUT2D eigenvalue weighted by Crippen LogP contribution is 2.24. The van der Waals surface area contributed by atoms with E-state index in [1.54, 1.807) is 30.6 Å². The summed E-state index contributed by atoms with van der Waals surface area (Å²) < 4.78 is 11.4. The molecule has 0 saturated carbocycles. The molecule has 2 aromatic heterocycles. The Kier molecular flexibility index (Phi) is 6.33. The molecular weight excluding hydrogens is 350 g/mol. The molecule has 0 radical (unpaired) electrons. The summed E-state index contributed by atoms with van der Waals surface area (Å²) in [6.45, 7) is 4.28. The quantitative estimate of drug-likeness (QED) is 0.804. The van der Waals surface area contributed by atoms with Crippen molar-refractivity contribution in [3.8, 4) is 11.8 Å². The number of nitrogens with zero attached hydrogens (tertiary/aromatic N) is 2. The molecule has 138 valence electrons. The van der Waals surface area contributed by atoms with Crippen LogP contribution in [0.2, 0.25) is 0 Å². The van der Waals surface area contributed by atoms with Crippen molar-refractivity contribution in [3.05, 3.63) is 47.8 Å². The van der Waals surface area contributed by atoms with E-state index in [-0.39, 0.29) is 18.1 Å². The molecule has 0 spiro atoms. The Morgan fingerprint density at radius 2 is 2.23 bits per heavy atom.